The molecule has 2 aromatic carbocycles. The van der Waals surface area contributed by atoms with Crippen molar-refractivity contribution in [3.8, 4) is 23.0 Å². The van der Waals surface area contributed by atoms with Gasteiger partial charge in [0.1, 0.15) is 16.7 Å². The molecule has 1 aromatic heterocycles. The average Bonchev–Trinajstić information content (AvgIpc) is 3.62. The zero-order chi connectivity index (χ0) is 26.2. The van der Waals surface area contributed by atoms with Gasteiger partial charge in [0.2, 0.25) is 11.7 Å². The van der Waals surface area contributed by atoms with Crippen LogP contribution in [0.4, 0.5) is 5.69 Å². The van der Waals surface area contributed by atoms with E-state index in [1.807, 2.05) is 24.3 Å². The Balaban J connectivity index is 1.58. The molecule has 0 spiro atoms. The van der Waals surface area contributed by atoms with E-state index in [0.29, 0.717) is 35.2 Å². The first-order valence-corrected chi connectivity index (χ1v) is 13.4. The molecule has 1 aliphatic rings. The summed E-state index contributed by atoms with van der Waals surface area (Å²) in [6, 6.07) is 11.1. The number of thioether (sulfide) groups is 2. The zero-order valence-electron chi connectivity index (χ0n) is 21.2. The molecule has 0 N–H and O–H groups in total. The lowest BCUT2D eigenvalue weighted by Crippen LogP contribution is -2.33. The molecule has 2 heterocycles. The Labute approximate surface area is 224 Å². The molecule has 10 nitrogen and oxygen atoms in total. The first-order chi connectivity index (χ1) is 18.0. The third-order valence-electron chi connectivity index (χ3n) is 5.55. The number of carbonyl (C=O) groups excluding carboxylic acids is 1. The summed E-state index contributed by atoms with van der Waals surface area (Å²) < 4.78 is 24.4. The molecule has 0 bridgehead atoms. The fourth-order valence-electron chi connectivity index (χ4n) is 3.70. The molecule has 12 heteroatoms. The summed E-state index contributed by atoms with van der Waals surface area (Å²) in [4.78, 5) is 19.7. The molecule has 1 amide bonds. The number of nitrogens with zero attached hydrogens (tertiary/aromatic N) is 5. The molecule has 0 unspecified atom stereocenters. The summed E-state index contributed by atoms with van der Waals surface area (Å²) in [5, 5.41) is 8.40. The van der Waals surface area contributed by atoms with Gasteiger partial charge in [0.25, 0.3) is 0 Å². The Bertz CT molecular complexity index is 1220. The summed E-state index contributed by atoms with van der Waals surface area (Å²) >= 11 is 3.39. The van der Waals surface area contributed by atoms with Crippen molar-refractivity contribution in [2.45, 2.75) is 18.8 Å². The van der Waals surface area contributed by atoms with Crippen molar-refractivity contribution in [3.05, 3.63) is 53.9 Å². The van der Waals surface area contributed by atoms with Gasteiger partial charge in [-0.2, -0.15) is 0 Å². The highest BCUT2D eigenvalue weighted by Gasteiger charge is 2.22. The molecular weight excluding hydrogens is 514 g/mol. The highest BCUT2D eigenvalue weighted by atomic mass is 32.2. The van der Waals surface area contributed by atoms with Gasteiger partial charge in [0.05, 0.1) is 52.9 Å². The van der Waals surface area contributed by atoms with Gasteiger partial charge in [-0.15, -0.1) is 5.10 Å². The molecule has 0 radical (unpaired) electrons. The largest absolute Gasteiger partial charge is 0.497 e. The van der Waals surface area contributed by atoms with Crippen molar-refractivity contribution < 1.29 is 23.7 Å². The number of aromatic nitrogens is 3. The summed E-state index contributed by atoms with van der Waals surface area (Å²) in [7, 11) is 6.24. The summed E-state index contributed by atoms with van der Waals surface area (Å²) in [5.41, 5.74) is 2.32. The second-order valence-corrected chi connectivity index (χ2v) is 10.2. The fraction of sp³-hybridized carbons (Fsp3) is 0.360. The van der Waals surface area contributed by atoms with Crippen LogP contribution in [0, 0.1) is 0 Å². The van der Waals surface area contributed by atoms with E-state index < -0.39 is 0 Å². The third-order valence-corrected chi connectivity index (χ3v) is 7.83. The Morgan fingerprint density at radius 3 is 2.38 bits per heavy atom. The molecule has 0 fully saturated rings. The number of anilines is 1. The molecule has 0 saturated carbocycles. The monoisotopic (exact) mass is 543 g/mol. The van der Waals surface area contributed by atoms with Crippen LogP contribution in [-0.4, -0.2) is 66.0 Å². The van der Waals surface area contributed by atoms with E-state index in [2.05, 4.69) is 15.3 Å². The summed E-state index contributed by atoms with van der Waals surface area (Å²) in [5.74, 6) is 3.61. The Morgan fingerprint density at radius 2 is 1.78 bits per heavy atom. The van der Waals surface area contributed by atoms with E-state index in [-0.39, 0.29) is 12.5 Å². The number of methoxy groups -OCH3 is 4. The van der Waals surface area contributed by atoms with Crippen LogP contribution in [0.25, 0.3) is 0 Å². The number of benzene rings is 2. The number of ether oxygens (including phenoxy) is 4. The van der Waals surface area contributed by atoms with Crippen molar-refractivity contribution in [2.75, 3.05) is 45.6 Å². The van der Waals surface area contributed by atoms with E-state index >= 15 is 0 Å². The summed E-state index contributed by atoms with van der Waals surface area (Å²) in [6.45, 7) is 1.19. The molecule has 3 aromatic rings. The van der Waals surface area contributed by atoms with Gasteiger partial charge in [0.15, 0.2) is 11.5 Å². The Hall–Kier alpha value is -3.38. The first-order valence-electron chi connectivity index (χ1n) is 11.5. The van der Waals surface area contributed by atoms with Gasteiger partial charge >= 0.3 is 0 Å². The number of hydrogen-bond donors (Lipinski definition) is 0. The lowest BCUT2D eigenvalue weighted by molar-refractivity contribution is -0.119. The predicted molar refractivity (Wildman–Crippen MR) is 146 cm³/mol. The SMILES string of the molecule is COc1ccc(CN(C(=O)Cn2cc(CSC3=NCCS3)nn2)c2cc(OC)c(OC)c(OC)c2)cc1. The molecule has 37 heavy (non-hydrogen) atoms. The Kier molecular flexibility index (Phi) is 9.18. The van der Waals surface area contributed by atoms with E-state index in [4.69, 9.17) is 18.9 Å². The van der Waals surface area contributed by atoms with Crippen LogP contribution >= 0.6 is 23.5 Å². The van der Waals surface area contributed by atoms with Crippen molar-refractivity contribution >= 4 is 39.5 Å². The van der Waals surface area contributed by atoms with Gasteiger partial charge in [-0.3, -0.25) is 9.79 Å². The van der Waals surface area contributed by atoms with Crippen LogP contribution in [0.1, 0.15) is 11.3 Å². The molecule has 0 aliphatic carbocycles. The van der Waals surface area contributed by atoms with Gasteiger partial charge in [-0.25, -0.2) is 4.68 Å². The quantitative estimate of drug-likeness (QED) is 0.357. The van der Waals surface area contributed by atoms with Crippen LogP contribution in [0.15, 0.2) is 47.6 Å². The Morgan fingerprint density at radius 1 is 1.05 bits per heavy atom. The average molecular weight is 544 g/mol. The van der Waals surface area contributed by atoms with Gasteiger partial charge in [-0.05, 0) is 17.7 Å². The van der Waals surface area contributed by atoms with Gasteiger partial charge in [0, 0.05) is 29.8 Å². The molecule has 196 valence electrons. The predicted octanol–water partition coefficient (Wildman–Crippen LogP) is 3.88. The van der Waals surface area contributed by atoms with Crippen LogP contribution in [0.5, 0.6) is 23.0 Å². The molecule has 0 saturated heterocycles. The van der Waals surface area contributed by atoms with Crippen molar-refractivity contribution in [3.63, 3.8) is 0 Å². The normalized spacial score (nSPS) is 12.7. The number of aliphatic imine (C=N–C) groups is 1. The molecule has 0 atom stereocenters. The van der Waals surface area contributed by atoms with Gasteiger partial charge in [-0.1, -0.05) is 40.9 Å². The van der Waals surface area contributed by atoms with Crippen molar-refractivity contribution in [1.29, 1.82) is 0 Å². The standard InChI is InChI=1S/C25H29N5O5S2/c1-32-20-7-5-17(6-8-20)13-30(19-11-21(33-2)24(35-4)22(12-19)34-3)23(31)15-29-14-18(27-28-29)16-37-25-26-9-10-36-25/h5-8,11-12,14H,9-10,13,15-16H2,1-4H3. The highest BCUT2D eigenvalue weighted by molar-refractivity contribution is 8.38. The van der Waals surface area contributed by atoms with Crippen LogP contribution in [0.2, 0.25) is 0 Å². The van der Waals surface area contributed by atoms with Crippen molar-refractivity contribution in [2.24, 2.45) is 4.99 Å². The van der Waals surface area contributed by atoms with E-state index in [0.717, 1.165) is 33.7 Å². The minimum atomic E-state index is -0.176. The lowest BCUT2D eigenvalue weighted by atomic mass is 10.1. The number of carbonyl (C=O) groups is 1. The third kappa shape index (κ3) is 6.69. The zero-order valence-corrected chi connectivity index (χ0v) is 22.8. The fourth-order valence-corrected chi connectivity index (χ4v) is 5.59. The number of rotatable bonds is 11. The maximum Gasteiger partial charge on any atom is 0.249 e. The second kappa shape index (κ2) is 12.7. The summed E-state index contributed by atoms with van der Waals surface area (Å²) in [6.07, 6.45) is 1.80. The topological polar surface area (TPSA) is 100 Å². The van der Waals surface area contributed by atoms with E-state index in [1.165, 1.54) is 0 Å². The first kappa shape index (κ1) is 26.7. The van der Waals surface area contributed by atoms with E-state index in [1.54, 1.807) is 79.9 Å². The smallest absolute Gasteiger partial charge is 0.249 e. The van der Waals surface area contributed by atoms with Gasteiger partial charge < -0.3 is 23.8 Å². The molecule has 4 rings (SSSR count). The number of hydrogen-bond acceptors (Lipinski definition) is 10. The molecular formula is C25H29N5O5S2. The maximum atomic E-state index is 13.6. The van der Waals surface area contributed by atoms with Crippen LogP contribution in [-0.2, 0) is 23.6 Å². The minimum Gasteiger partial charge on any atom is -0.497 e. The molecule has 1 aliphatic heterocycles. The maximum absolute atomic E-state index is 13.6. The number of amides is 1. The second-order valence-electron chi connectivity index (χ2n) is 7.90. The van der Waals surface area contributed by atoms with E-state index in [9.17, 15) is 4.79 Å². The van der Waals surface area contributed by atoms with Crippen LogP contribution in [0.3, 0.4) is 0 Å². The minimum absolute atomic E-state index is 0.0141. The lowest BCUT2D eigenvalue weighted by Gasteiger charge is -2.25. The highest BCUT2D eigenvalue weighted by Crippen LogP contribution is 2.41. The van der Waals surface area contributed by atoms with Crippen LogP contribution < -0.4 is 23.8 Å². The van der Waals surface area contributed by atoms with Crippen molar-refractivity contribution in [1.82, 2.24) is 15.0 Å².